The lowest BCUT2D eigenvalue weighted by Gasteiger charge is -2.26. The van der Waals surface area contributed by atoms with E-state index in [1.165, 1.54) is 17.7 Å². The number of nitrogens with zero attached hydrogens (tertiary/aromatic N) is 3. The highest BCUT2D eigenvalue weighted by molar-refractivity contribution is 5.95. The van der Waals surface area contributed by atoms with Crippen molar-refractivity contribution in [3.63, 3.8) is 0 Å². The summed E-state index contributed by atoms with van der Waals surface area (Å²) in [5.74, 6) is 2.62. The van der Waals surface area contributed by atoms with Crippen LogP contribution >= 0.6 is 0 Å². The quantitative estimate of drug-likeness (QED) is 0.115. The van der Waals surface area contributed by atoms with Gasteiger partial charge in [0.05, 0.1) is 37.8 Å². The van der Waals surface area contributed by atoms with Crippen LogP contribution in [0.4, 0.5) is 11.4 Å². The van der Waals surface area contributed by atoms with Gasteiger partial charge in [-0.2, -0.15) is 0 Å². The topological polar surface area (TPSA) is 104 Å². The van der Waals surface area contributed by atoms with Gasteiger partial charge in [-0.25, -0.2) is 0 Å². The molecule has 3 rings (SSSR count). The minimum atomic E-state index is -0.447. The van der Waals surface area contributed by atoms with Gasteiger partial charge in [0.2, 0.25) is 5.91 Å². The molecule has 0 aromatic heterocycles. The van der Waals surface area contributed by atoms with Crippen LogP contribution in [-0.2, 0) is 17.6 Å². The van der Waals surface area contributed by atoms with Crippen LogP contribution in [0.5, 0.6) is 23.0 Å². The molecule has 0 saturated carbocycles. The van der Waals surface area contributed by atoms with Crippen LogP contribution in [0.3, 0.4) is 0 Å². The predicted octanol–water partition coefficient (Wildman–Crippen LogP) is 6.33. The first-order chi connectivity index (χ1) is 21.3. The first-order valence-electron chi connectivity index (χ1n) is 15.3. The first kappa shape index (κ1) is 34.2. The van der Waals surface area contributed by atoms with Crippen LogP contribution in [0.2, 0.25) is 0 Å². The number of benzene rings is 3. The molecular formula is C34H45N3O7. The van der Waals surface area contributed by atoms with Crippen molar-refractivity contribution < 1.29 is 28.7 Å². The van der Waals surface area contributed by atoms with E-state index in [9.17, 15) is 14.9 Å². The van der Waals surface area contributed by atoms with E-state index in [0.717, 1.165) is 37.4 Å². The van der Waals surface area contributed by atoms with Crippen LogP contribution < -0.4 is 23.8 Å². The zero-order valence-electron chi connectivity index (χ0n) is 26.5. The molecule has 44 heavy (non-hydrogen) atoms. The van der Waals surface area contributed by atoms with E-state index in [-0.39, 0.29) is 18.0 Å². The Labute approximate surface area is 260 Å². The fraction of sp³-hybridized carbons (Fsp3) is 0.441. The molecule has 0 saturated heterocycles. The maximum Gasteiger partial charge on any atom is 0.269 e. The van der Waals surface area contributed by atoms with Gasteiger partial charge in [0.1, 0.15) is 0 Å². The maximum atomic E-state index is 13.6. The summed E-state index contributed by atoms with van der Waals surface area (Å²) >= 11 is 0. The summed E-state index contributed by atoms with van der Waals surface area (Å²) in [7, 11) is 2.07. The summed E-state index contributed by atoms with van der Waals surface area (Å²) in [6, 6.07) is 17.7. The lowest BCUT2D eigenvalue weighted by Crippen LogP contribution is -2.35. The van der Waals surface area contributed by atoms with E-state index in [0.29, 0.717) is 55.7 Å². The Morgan fingerprint density at radius 2 is 1.25 bits per heavy atom. The van der Waals surface area contributed by atoms with E-state index < -0.39 is 4.92 Å². The highest BCUT2D eigenvalue weighted by Crippen LogP contribution is 2.33. The summed E-state index contributed by atoms with van der Waals surface area (Å²) in [5, 5.41) is 11.1. The van der Waals surface area contributed by atoms with Gasteiger partial charge >= 0.3 is 0 Å². The Balaban J connectivity index is 1.70. The number of hydrogen-bond acceptors (Lipinski definition) is 8. The summed E-state index contributed by atoms with van der Waals surface area (Å²) < 4.78 is 23.0. The van der Waals surface area contributed by atoms with Gasteiger partial charge in [0.25, 0.3) is 5.69 Å². The Kier molecular flexibility index (Phi) is 13.8. The SMILES string of the molecule is CCOc1ccc(CCN(C)CCCN(C(=O)Cc2ccc([N+](=O)[O-])cc2)c2ccc(OCC)c(OCC)c2)cc1OCC. The highest BCUT2D eigenvalue weighted by atomic mass is 16.6. The number of carbonyl (C=O) groups is 1. The van der Waals surface area contributed by atoms with E-state index in [2.05, 4.69) is 18.0 Å². The molecule has 0 aliphatic carbocycles. The second kappa shape index (κ2) is 17.7. The first-order valence-corrected chi connectivity index (χ1v) is 15.3. The molecule has 0 spiro atoms. The molecule has 0 heterocycles. The number of ether oxygens (including phenoxy) is 4. The Morgan fingerprint density at radius 3 is 1.84 bits per heavy atom. The second-order valence-electron chi connectivity index (χ2n) is 10.2. The number of carbonyl (C=O) groups excluding carboxylic acids is 1. The van der Waals surface area contributed by atoms with Gasteiger partial charge in [0.15, 0.2) is 23.0 Å². The van der Waals surface area contributed by atoms with Crippen molar-refractivity contribution in [2.45, 2.75) is 47.0 Å². The molecule has 10 nitrogen and oxygen atoms in total. The highest BCUT2D eigenvalue weighted by Gasteiger charge is 2.19. The lowest BCUT2D eigenvalue weighted by molar-refractivity contribution is -0.384. The molecule has 3 aromatic rings. The summed E-state index contributed by atoms with van der Waals surface area (Å²) in [6.45, 7) is 12.0. The van der Waals surface area contributed by atoms with Crippen molar-refractivity contribution in [2.75, 3.05) is 58.0 Å². The molecule has 0 aliphatic rings. The van der Waals surface area contributed by atoms with E-state index in [1.54, 1.807) is 17.0 Å². The van der Waals surface area contributed by atoms with Crippen molar-refractivity contribution in [3.8, 4) is 23.0 Å². The van der Waals surface area contributed by atoms with Crippen molar-refractivity contribution in [2.24, 2.45) is 0 Å². The van der Waals surface area contributed by atoms with Gasteiger partial charge in [-0.1, -0.05) is 18.2 Å². The molecule has 0 radical (unpaired) electrons. The van der Waals surface area contributed by atoms with Crippen LogP contribution in [-0.4, -0.2) is 68.8 Å². The molecule has 0 fully saturated rings. The monoisotopic (exact) mass is 607 g/mol. The molecule has 0 unspecified atom stereocenters. The van der Waals surface area contributed by atoms with Gasteiger partial charge in [0, 0.05) is 37.0 Å². The molecule has 0 atom stereocenters. The van der Waals surface area contributed by atoms with Gasteiger partial charge < -0.3 is 28.7 Å². The predicted molar refractivity (Wildman–Crippen MR) is 173 cm³/mol. The maximum absolute atomic E-state index is 13.6. The zero-order valence-corrected chi connectivity index (χ0v) is 26.5. The number of nitro groups is 1. The molecule has 10 heteroatoms. The largest absolute Gasteiger partial charge is 0.490 e. The van der Waals surface area contributed by atoms with Crippen LogP contribution in [0.15, 0.2) is 60.7 Å². The molecule has 238 valence electrons. The normalized spacial score (nSPS) is 10.9. The minimum Gasteiger partial charge on any atom is -0.490 e. The third kappa shape index (κ3) is 10.2. The van der Waals surface area contributed by atoms with Gasteiger partial charge in [-0.05, 0) is 89.5 Å². The second-order valence-corrected chi connectivity index (χ2v) is 10.2. The zero-order chi connectivity index (χ0) is 31.9. The molecule has 3 aromatic carbocycles. The van der Waals surface area contributed by atoms with Crippen molar-refractivity contribution in [3.05, 3.63) is 81.9 Å². The number of likely N-dealkylation sites (N-methyl/N-ethyl adjacent to an activating group) is 1. The van der Waals surface area contributed by atoms with Crippen LogP contribution in [0.1, 0.15) is 45.2 Å². The fourth-order valence-electron chi connectivity index (χ4n) is 4.79. The van der Waals surface area contributed by atoms with Gasteiger partial charge in [-0.15, -0.1) is 0 Å². The van der Waals surface area contributed by atoms with E-state index in [4.69, 9.17) is 18.9 Å². The third-order valence-electron chi connectivity index (χ3n) is 6.95. The van der Waals surface area contributed by atoms with Crippen molar-refractivity contribution >= 4 is 17.3 Å². The number of nitro benzene ring substituents is 1. The lowest BCUT2D eigenvalue weighted by atomic mass is 10.1. The molecule has 0 N–H and O–H groups in total. The van der Waals surface area contributed by atoms with Crippen molar-refractivity contribution in [1.29, 1.82) is 0 Å². The number of rotatable bonds is 19. The molecule has 0 bridgehead atoms. The number of anilines is 1. The molecule has 0 aliphatic heterocycles. The van der Waals surface area contributed by atoms with Crippen LogP contribution in [0.25, 0.3) is 0 Å². The number of hydrogen-bond donors (Lipinski definition) is 0. The average Bonchev–Trinajstić information content (AvgIpc) is 3.01. The number of amides is 1. The standard InChI is InChI=1S/C34H45N3O7/c1-6-41-30-17-13-27(23-32(30)43-8-3)19-22-35(5)20-10-21-36(29-16-18-31(42-7-2)33(25-29)44-9-4)34(38)24-26-11-14-28(15-12-26)37(39)40/h11-18,23,25H,6-10,19-22,24H2,1-5H3. The fourth-order valence-corrected chi connectivity index (χ4v) is 4.79. The summed E-state index contributed by atoms with van der Waals surface area (Å²) in [4.78, 5) is 28.3. The summed E-state index contributed by atoms with van der Waals surface area (Å²) in [5.41, 5.74) is 2.58. The number of non-ortho nitro benzene ring substituents is 1. The Bertz CT molecular complexity index is 1350. The average molecular weight is 608 g/mol. The van der Waals surface area contributed by atoms with Crippen molar-refractivity contribution in [1.82, 2.24) is 4.90 Å². The van der Waals surface area contributed by atoms with Crippen LogP contribution in [0, 0.1) is 10.1 Å². The third-order valence-corrected chi connectivity index (χ3v) is 6.95. The molecular weight excluding hydrogens is 562 g/mol. The molecule has 1 amide bonds. The smallest absolute Gasteiger partial charge is 0.269 e. The van der Waals surface area contributed by atoms with E-state index >= 15 is 0 Å². The van der Waals surface area contributed by atoms with Gasteiger partial charge in [-0.3, -0.25) is 14.9 Å². The summed E-state index contributed by atoms with van der Waals surface area (Å²) in [6.07, 6.45) is 1.71. The Hall–Kier alpha value is -4.31. The van der Waals surface area contributed by atoms with E-state index in [1.807, 2.05) is 58.0 Å². The Morgan fingerprint density at radius 1 is 0.705 bits per heavy atom. The minimum absolute atomic E-state index is 0.00619.